The first kappa shape index (κ1) is 19.1. The van der Waals surface area contributed by atoms with Crippen LogP contribution in [0.25, 0.3) is 0 Å². The molecule has 0 bridgehead atoms. The molecule has 2 heterocycles. The van der Waals surface area contributed by atoms with Crippen molar-refractivity contribution in [1.82, 2.24) is 5.32 Å². The smallest absolute Gasteiger partial charge is 0.240 e. The molecule has 0 aromatic heterocycles. The lowest BCUT2D eigenvalue weighted by Gasteiger charge is -2.39. The van der Waals surface area contributed by atoms with Crippen molar-refractivity contribution >= 4 is 5.91 Å². The van der Waals surface area contributed by atoms with Gasteiger partial charge in [0, 0.05) is 38.4 Å². The number of rotatable bonds is 6. The van der Waals surface area contributed by atoms with Crippen molar-refractivity contribution in [2.45, 2.75) is 43.6 Å². The third-order valence-electron chi connectivity index (χ3n) is 5.65. The van der Waals surface area contributed by atoms with Gasteiger partial charge in [0.25, 0.3) is 0 Å². The van der Waals surface area contributed by atoms with E-state index in [9.17, 15) is 4.79 Å². The molecule has 26 heavy (non-hydrogen) atoms. The SMILES string of the molecule is CCOc1ccc(C2(CNC(=O)C3(N)CCOCC3)CCOCC2)cc1. The van der Waals surface area contributed by atoms with Crippen LogP contribution in [-0.2, 0) is 19.7 Å². The van der Waals surface area contributed by atoms with E-state index in [-0.39, 0.29) is 11.3 Å². The number of amides is 1. The minimum atomic E-state index is -0.816. The molecule has 2 aliphatic heterocycles. The molecule has 2 saturated heterocycles. The average molecular weight is 362 g/mol. The van der Waals surface area contributed by atoms with Crippen LogP contribution in [0.5, 0.6) is 5.75 Å². The predicted molar refractivity (Wildman–Crippen MR) is 99.3 cm³/mol. The Morgan fingerprint density at radius 1 is 1.08 bits per heavy atom. The van der Waals surface area contributed by atoms with Crippen LogP contribution >= 0.6 is 0 Å². The summed E-state index contributed by atoms with van der Waals surface area (Å²) in [4.78, 5) is 12.7. The molecule has 0 unspecified atom stereocenters. The summed E-state index contributed by atoms with van der Waals surface area (Å²) < 4.78 is 16.5. The van der Waals surface area contributed by atoms with Crippen LogP contribution in [0.15, 0.2) is 24.3 Å². The number of carbonyl (C=O) groups excluding carboxylic acids is 1. The Morgan fingerprint density at radius 2 is 1.65 bits per heavy atom. The van der Waals surface area contributed by atoms with E-state index in [0.29, 0.717) is 52.4 Å². The Hall–Kier alpha value is -1.63. The van der Waals surface area contributed by atoms with E-state index < -0.39 is 5.54 Å². The lowest BCUT2D eigenvalue weighted by atomic mass is 9.74. The molecular weight excluding hydrogens is 332 g/mol. The van der Waals surface area contributed by atoms with Gasteiger partial charge in [-0.3, -0.25) is 4.79 Å². The van der Waals surface area contributed by atoms with Gasteiger partial charge < -0.3 is 25.3 Å². The van der Waals surface area contributed by atoms with Gasteiger partial charge in [0.05, 0.1) is 12.1 Å². The molecule has 6 nitrogen and oxygen atoms in total. The van der Waals surface area contributed by atoms with E-state index in [0.717, 1.165) is 18.6 Å². The molecule has 0 aliphatic carbocycles. The summed E-state index contributed by atoms with van der Waals surface area (Å²) in [7, 11) is 0. The fourth-order valence-corrected chi connectivity index (χ4v) is 3.79. The van der Waals surface area contributed by atoms with E-state index in [1.54, 1.807) is 0 Å². The molecule has 144 valence electrons. The third kappa shape index (κ3) is 4.19. The first-order valence-electron chi connectivity index (χ1n) is 9.54. The molecule has 1 aromatic rings. The zero-order valence-electron chi connectivity index (χ0n) is 15.6. The van der Waals surface area contributed by atoms with E-state index in [1.165, 1.54) is 5.56 Å². The topological polar surface area (TPSA) is 82.8 Å². The molecule has 2 aliphatic rings. The van der Waals surface area contributed by atoms with Gasteiger partial charge in [0.15, 0.2) is 0 Å². The van der Waals surface area contributed by atoms with Crippen LogP contribution in [0, 0.1) is 0 Å². The molecule has 3 rings (SSSR count). The van der Waals surface area contributed by atoms with Gasteiger partial charge in [0.2, 0.25) is 5.91 Å². The third-order valence-corrected chi connectivity index (χ3v) is 5.65. The minimum absolute atomic E-state index is 0.0717. The summed E-state index contributed by atoms with van der Waals surface area (Å²) in [5, 5.41) is 3.14. The lowest BCUT2D eigenvalue weighted by molar-refractivity contribution is -0.130. The van der Waals surface area contributed by atoms with Crippen molar-refractivity contribution in [3.63, 3.8) is 0 Å². The maximum absolute atomic E-state index is 12.7. The van der Waals surface area contributed by atoms with E-state index >= 15 is 0 Å². The van der Waals surface area contributed by atoms with Crippen LogP contribution in [0.4, 0.5) is 0 Å². The van der Waals surface area contributed by atoms with Crippen molar-refractivity contribution in [3.05, 3.63) is 29.8 Å². The quantitative estimate of drug-likeness (QED) is 0.806. The summed E-state index contributed by atoms with van der Waals surface area (Å²) in [5.74, 6) is 0.795. The fraction of sp³-hybridized carbons (Fsp3) is 0.650. The molecule has 0 atom stereocenters. The minimum Gasteiger partial charge on any atom is -0.494 e. The second-order valence-corrected chi connectivity index (χ2v) is 7.30. The van der Waals surface area contributed by atoms with Crippen LogP contribution in [0.2, 0.25) is 0 Å². The number of carbonyl (C=O) groups is 1. The highest BCUT2D eigenvalue weighted by molar-refractivity contribution is 5.86. The average Bonchev–Trinajstić information content (AvgIpc) is 2.68. The summed E-state index contributed by atoms with van der Waals surface area (Å²) >= 11 is 0. The van der Waals surface area contributed by atoms with Crippen molar-refractivity contribution in [3.8, 4) is 5.75 Å². The number of hydrogen-bond acceptors (Lipinski definition) is 5. The zero-order valence-corrected chi connectivity index (χ0v) is 15.6. The van der Waals surface area contributed by atoms with Gasteiger partial charge in [0.1, 0.15) is 5.75 Å². The molecule has 1 amide bonds. The van der Waals surface area contributed by atoms with Gasteiger partial charge in [-0.15, -0.1) is 0 Å². The number of ether oxygens (including phenoxy) is 3. The maximum Gasteiger partial charge on any atom is 0.240 e. The van der Waals surface area contributed by atoms with E-state index in [4.69, 9.17) is 19.9 Å². The highest BCUT2D eigenvalue weighted by atomic mass is 16.5. The number of nitrogens with one attached hydrogen (secondary N) is 1. The monoisotopic (exact) mass is 362 g/mol. The summed E-state index contributed by atoms with van der Waals surface area (Å²) in [6.45, 7) is 5.68. The van der Waals surface area contributed by atoms with Crippen molar-refractivity contribution in [2.75, 3.05) is 39.6 Å². The first-order valence-corrected chi connectivity index (χ1v) is 9.54. The molecule has 0 saturated carbocycles. The Kier molecular flexibility index (Phi) is 6.16. The molecule has 0 radical (unpaired) electrons. The van der Waals surface area contributed by atoms with Crippen LogP contribution < -0.4 is 15.8 Å². The second kappa shape index (κ2) is 8.37. The Labute approximate surface area is 155 Å². The van der Waals surface area contributed by atoms with Gasteiger partial charge in [-0.2, -0.15) is 0 Å². The summed E-state index contributed by atoms with van der Waals surface area (Å²) in [5.41, 5.74) is 6.59. The highest BCUT2D eigenvalue weighted by Crippen LogP contribution is 2.35. The highest BCUT2D eigenvalue weighted by Gasteiger charge is 2.39. The van der Waals surface area contributed by atoms with Gasteiger partial charge in [-0.25, -0.2) is 0 Å². The van der Waals surface area contributed by atoms with E-state index in [1.807, 2.05) is 19.1 Å². The zero-order chi connectivity index (χ0) is 18.5. The van der Waals surface area contributed by atoms with E-state index in [2.05, 4.69) is 17.4 Å². The maximum atomic E-state index is 12.7. The predicted octanol–water partition coefficient (Wildman–Crippen LogP) is 1.76. The summed E-state index contributed by atoms with van der Waals surface area (Å²) in [6.07, 6.45) is 2.89. The molecule has 3 N–H and O–H groups in total. The largest absolute Gasteiger partial charge is 0.494 e. The van der Waals surface area contributed by atoms with Gasteiger partial charge in [-0.1, -0.05) is 12.1 Å². The molecule has 0 spiro atoms. The number of nitrogens with two attached hydrogens (primary N) is 1. The van der Waals surface area contributed by atoms with Crippen molar-refractivity contribution in [2.24, 2.45) is 5.73 Å². The second-order valence-electron chi connectivity index (χ2n) is 7.30. The van der Waals surface area contributed by atoms with Gasteiger partial charge in [-0.05, 0) is 50.3 Å². The van der Waals surface area contributed by atoms with Crippen LogP contribution in [-0.4, -0.2) is 51.0 Å². The van der Waals surface area contributed by atoms with Crippen LogP contribution in [0.1, 0.15) is 38.2 Å². The molecule has 6 heteroatoms. The first-order chi connectivity index (χ1) is 12.6. The van der Waals surface area contributed by atoms with Crippen molar-refractivity contribution in [1.29, 1.82) is 0 Å². The normalized spacial score (nSPS) is 21.8. The Balaban J connectivity index is 1.72. The number of hydrogen-bond donors (Lipinski definition) is 2. The number of benzene rings is 1. The standard InChI is InChI=1S/C20H30N2O4/c1-2-26-17-5-3-16(4-6-17)19(7-11-24-12-8-19)15-22-18(23)20(21)9-13-25-14-10-20/h3-6H,2,7-15,21H2,1H3,(H,22,23). The fourth-order valence-electron chi connectivity index (χ4n) is 3.79. The Morgan fingerprint density at radius 3 is 2.23 bits per heavy atom. The van der Waals surface area contributed by atoms with Crippen LogP contribution in [0.3, 0.4) is 0 Å². The lowest BCUT2D eigenvalue weighted by Crippen LogP contribution is -2.59. The molecular formula is C20H30N2O4. The molecule has 1 aromatic carbocycles. The van der Waals surface area contributed by atoms with Gasteiger partial charge >= 0.3 is 0 Å². The molecule has 2 fully saturated rings. The van der Waals surface area contributed by atoms with Crippen molar-refractivity contribution < 1.29 is 19.0 Å². The Bertz CT molecular complexity index is 590. The summed E-state index contributed by atoms with van der Waals surface area (Å²) in [6, 6.07) is 8.21.